The van der Waals surface area contributed by atoms with Gasteiger partial charge in [0.05, 0.1) is 6.61 Å². The van der Waals surface area contributed by atoms with E-state index in [1.54, 1.807) is 0 Å². The molecule has 0 spiro atoms. The van der Waals surface area contributed by atoms with E-state index in [0.717, 1.165) is 96.3 Å². The first-order valence-corrected chi connectivity index (χ1v) is 27.5. The summed E-state index contributed by atoms with van der Waals surface area (Å²) in [5.74, 6) is -0.425. The molecule has 0 aromatic rings. The average molecular weight is 893 g/mol. The van der Waals surface area contributed by atoms with Gasteiger partial charge in [-0.05, 0) is 109 Å². The Hall–Kier alpha value is -2.66. The van der Waals surface area contributed by atoms with Crippen LogP contribution in [0.4, 0.5) is 0 Å². The maximum atomic E-state index is 12.8. The van der Waals surface area contributed by atoms with Crippen molar-refractivity contribution in [1.82, 2.24) is 0 Å². The van der Waals surface area contributed by atoms with E-state index in [1.807, 2.05) is 0 Å². The van der Waals surface area contributed by atoms with Gasteiger partial charge in [0.2, 0.25) is 0 Å². The summed E-state index contributed by atoms with van der Waals surface area (Å²) >= 11 is 0. The molecule has 0 saturated heterocycles. The van der Waals surface area contributed by atoms with Crippen LogP contribution in [0.15, 0.2) is 72.9 Å². The van der Waals surface area contributed by atoms with Crippen molar-refractivity contribution in [2.45, 2.75) is 271 Å². The lowest BCUT2D eigenvalue weighted by molar-refractivity contribution is -0.163. The van der Waals surface area contributed by atoms with Gasteiger partial charge in [0.1, 0.15) is 6.61 Å². The molecular weight excluding hydrogens is 789 g/mol. The third kappa shape index (κ3) is 52.0. The van der Waals surface area contributed by atoms with Crippen LogP contribution >= 0.6 is 0 Å². The predicted octanol–water partition coefficient (Wildman–Crippen LogP) is 18.7. The molecule has 0 aliphatic heterocycles. The maximum Gasteiger partial charge on any atom is 0.306 e. The first-order chi connectivity index (χ1) is 31.6. The summed E-state index contributed by atoms with van der Waals surface area (Å²) in [6.07, 6.45) is 70.6. The van der Waals surface area contributed by atoms with E-state index in [1.165, 1.54) is 135 Å². The van der Waals surface area contributed by atoms with Gasteiger partial charge in [0, 0.05) is 19.4 Å². The number of hydrogen-bond acceptors (Lipinski definition) is 5. The van der Waals surface area contributed by atoms with Gasteiger partial charge in [0.15, 0.2) is 6.10 Å². The summed E-state index contributed by atoms with van der Waals surface area (Å²) in [6, 6.07) is 0. The second-order valence-electron chi connectivity index (χ2n) is 18.1. The van der Waals surface area contributed by atoms with Gasteiger partial charge in [-0.25, -0.2) is 0 Å². The van der Waals surface area contributed by atoms with E-state index in [9.17, 15) is 9.59 Å². The van der Waals surface area contributed by atoms with Gasteiger partial charge in [-0.2, -0.15) is 0 Å². The highest BCUT2D eigenvalue weighted by molar-refractivity contribution is 5.70. The lowest BCUT2D eigenvalue weighted by Gasteiger charge is -2.18. The van der Waals surface area contributed by atoms with E-state index in [0.29, 0.717) is 19.4 Å². The average Bonchev–Trinajstić information content (AvgIpc) is 3.30. The number of rotatable bonds is 50. The molecule has 370 valence electrons. The number of carbonyl (C=O) groups excluding carboxylic acids is 2. The first-order valence-electron chi connectivity index (χ1n) is 27.5. The van der Waals surface area contributed by atoms with Crippen LogP contribution < -0.4 is 0 Å². The molecule has 0 N–H and O–H groups in total. The van der Waals surface area contributed by atoms with Crippen LogP contribution in [0.2, 0.25) is 0 Å². The van der Waals surface area contributed by atoms with Crippen LogP contribution in [-0.4, -0.2) is 37.9 Å². The largest absolute Gasteiger partial charge is 0.462 e. The Morgan fingerprint density at radius 3 is 1.14 bits per heavy atom. The molecule has 0 heterocycles. The summed E-state index contributed by atoms with van der Waals surface area (Å²) in [6.45, 7) is 7.64. The normalized spacial score (nSPS) is 12.7. The van der Waals surface area contributed by atoms with Gasteiger partial charge in [0.25, 0.3) is 0 Å². The van der Waals surface area contributed by atoms with Gasteiger partial charge in [-0.1, -0.05) is 216 Å². The number of carbonyl (C=O) groups is 2. The zero-order chi connectivity index (χ0) is 46.3. The highest BCUT2D eigenvalue weighted by Crippen LogP contribution is 2.14. The Bertz CT molecular complexity index is 1150. The minimum atomic E-state index is -0.561. The number of ether oxygens (including phenoxy) is 3. The van der Waals surface area contributed by atoms with Crippen LogP contribution in [0.1, 0.15) is 265 Å². The number of hydrogen-bond donors (Lipinski definition) is 0. The fourth-order valence-electron chi connectivity index (χ4n) is 7.61. The SMILES string of the molecule is CC/C=C\C/C=C\C/C=C\C/C=C\CCCCCOCC(COC(=O)CCCCCCCCC/C=C\CCCCCCCC)OC(=O)CCCCCCC/C=C\CCCCCCCC. The van der Waals surface area contributed by atoms with Crippen molar-refractivity contribution < 1.29 is 23.8 Å². The van der Waals surface area contributed by atoms with E-state index in [4.69, 9.17) is 14.2 Å². The summed E-state index contributed by atoms with van der Waals surface area (Å²) in [5, 5.41) is 0. The van der Waals surface area contributed by atoms with Crippen LogP contribution in [0, 0.1) is 0 Å². The van der Waals surface area contributed by atoms with E-state index in [2.05, 4.69) is 93.7 Å². The quantitative estimate of drug-likeness (QED) is 0.0346. The third-order valence-electron chi connectivity index (χ3n) is 11.7. The monoisotopic (exact) mass is 893 g/mol. The Labute approximate surface area is 397 Å². The lowest BCUT2D eigenvalue weighted by Crippen LogP contribution is -2.30. The predicted molar refractivity (Wildman–Crippen MR) is 279 cm³/mol. The molecule has 0 aromatic carbocycles. The Morgan fingerprint density at radius 2 is 0.703 bits per heavy atom. The fraction of sp³-hybridized carbons (Fsp3) is 0.763. The van der Waals surface area contributed by atoms with Crippen LogP contribution in [-0.2, 0) is 23.8 Å². The highest BCUT2D eigenvalue weighted by Gasteiger charge is 2.17. The Morgan fingerprint density at radius 1 is 0.359 bits per heavy atom. The van der Waals surface area contributed by atoms with Crippen molar-refractivity contribution in [3.8, 4) is 0 Å². The molecule has 64 heavy (non-hydrogen) atoms. The smallest absolute Gasteiger partial charge is 0.306 e. The summed E-state index contributed by atoms with van der Waals surface area (Å²) in [7, 11) is 0. The molecule has 1 atom stereocenters. The molecule has 0 rings (SSSR count). The van der Waals surface area contributed by atoms with Gasteiger partial charge < -0.3 is 14.2 Å². The van der Waals surface area contributed by atoms with Gasteiger partial charge in [-0.15, -0.1) is 0 Å². The molecule has 5 nitrogen and oxygen atoms in total. The molecule has 5 heteroatoms. The second-order valence-corrected chi connectivity index (χ2v) is 18.1. The third-order valence-corrected chi connectivity index (χ3v) is 11.7. The summed E-state index contributed by atoms with van der Waals surface area (Å²) in [5.41, 5.74) is 0. The first kappa shape index (κ1) is 61.3. The standard InChI is InChI=1S/C59H104O5/c1-4-7-10-13-16-19-22-25-28-30-32-34-37-40-43-46-49-52-58(60)63-56-57(55-62-54-51-48-45-42-39-36-33-29-26-23-20-17-14-11-8-5-2)64-59(61)53-50-47-44-41-38-35-31-27-24-21-18-15-12-9-6-3/h8,11,17,20,25-29,31,36,39,57H,4-7,9-10,12-16,18-19,21-24,30,32-35,37-38,40-56H2,1-3H3/b11-8-,20-17-,28-25-,29-26-,31-27-,39-36-. The van der Waals surface area contributed by atoms with Crippen molar-refractivity contribution in [2.24, 2.45) is 0 Å². The van der Waals surface area contributed by atoms with Crippen molar-refractivity contribution in [1.29, 1.82) is 0 Å². The number of allylic oxidation sites excluding steroid dienone is 12. The number of unbranched alkanes of at least 4 members (excludes halogenated alkanes) is 27. The fourth-order valence-corrected chi connectivity index (χ4v) is 7.61. The van der Waals surface area contributed by atoms with Gasteiger partial charge in [-0.3, -0.25) is 9.59 Å². The van der Waals surface area contributed by atoms with Crippen molar-refractivity contribution in [3.05, 3.63) is 72.9 Å². The molecular formula is C59H104O5. The Kier molecular flexibility index (Phi) is 52.4. The zero-order valence-electron chi connectivity index (χ0n) is 42.5. The van der Waals surface area contributed by atoms with Crippen molar-refractivity contribution in [2.75, 3.05) is 19.8 Å². The van der Waals surface area contributed by atoms with Gasteiger partial charge >= 0.3 is 11.9 Å². The van der Waals surface area contributed by atoms with Crippen molar-refractivity contribution >= 4 is 11.9 Å². The topological polar surface area (TPSA) is 61.8 Å². The molecule has 0 aliphatic rings. The zero-order valence-corrected chi connectivity index (χ0v) is 42.5. The van der Waals surface area contributed by atoms with Crippen molar-refractivity contribution in [3.63, 3.8) is 0 Å². The van der Waals surface area contributed by atoms with E-state index < -0.39 is 6.10 Å². The van der Waals surface area contributed by atoms with Crippen LogP contribution in [0.5, 0.6) is 0 Å². The minimum Gasteiger partial charge on any atom is -0.462 e. The molecule has 0 fully saturated rings. The molecule has 0 radical (unpaired) electrons. The highest BCUT2D eigenvalue weighted by atomic mass is 16.6. The lowest BCUT2D eigenvalue weighted by atomic mass is 10.1. The molecule has 0 amide bonds. The van der Waals surface area contributed by atoms with E-state index >= 15 is 0 Å². The van der Waals surface area contributed by atoms with Crippen LogP contribution in [0.3, 0.4) is 0 Å². The number of esters is 2. The molecule has 0 aromatic heterocycles. The molecule has 0 bridgehead atoms. The maximum absolute atomic E-state index is 12.8. The Balaban J connectivity index is 4.34. The molecule has 0 aliphatic carbocycles. The summed E-state index contributed by atoms with van der Waals surface area (Å²) in [4.78, 5) is 25.5. The van der Waals surface area contributed by atoms with E-state index in [-0.39, 0.29) is 25.2 Å². The molecule has 0 saturated carbocycles. The summed E-state index contributed by atoms with van der Waals surface area (Å²) < 4.78 is 17.4. The second kappa shape index (κ2) is 54.7. The van der Waals surface area contributed by atoms with Crippen LogP contribution in [0.25, 0.3) is 0 Å². The molecule has 1 unspecified atom stereocenters. The minimum absolute atomic E-state index is 0.0657.